The molecule has 0 unspecified atom stereocenters. The molecule has 0 aliphatic carbocycles. The number of sulfonamides is 1. The lowest BCUT2D eigenvalue weighted by Crippen LogP contribution is -2.50. The lowest BCUT2D eigenvalue weighted by Gasteiger charge is -2.35. The molecule has 0 spiro atoms. The normalized spacial score (nSPS) is 24.0. The first kappa shape index (κ1) is 18.2. The van der Waals surface area contributed by atoms with Crippen LogP contribution in [0.2, 0.25) is 0 Å². The standard InChI is InChI=1S/C15H23NO5S2/c1-5-16(15(3)8-9-22(17,18)11-15)23(19,20)14-10-12(2)6-7-13(14)21-4/h6-7,10H,5,8-9,11H2,1-4H3/t15-/m1/s1. The Morgan fingerprint density at radius 1 is 1.35 bits per heavy atom. The Balaban J connectivity index is 2.55. The minimum atomic E-state index is -3.86. The fraction of sp³-hybridized carbons (Fsp3) is 0.600. The Hall–Kier alpha value is -1.12. The number of hydrogen-bond donors (Lipinski definition) is 0. The van der Waals surface area contributed by atoms with E-state index in [1.165, 1.54) is 11.4 Å². The predicted molar refractivity (Wildman–Crippen MR) is 89.0 cm³/mol. The van der Waals surface area contributed by atoms with E-state index in [4.69, 9.17) is 4.74 Å². The molecule has 23 heavy (non-hydrogen) atoms. The largest absolute Gasteiger partial charge is 0.495 e. The molecule has 8 heteroatoms. The van der Waals surface area contributed by atoms with Crippen LogP contribution in [0.5, 0.6) is 5.75 Å². The first-order valence-corrected chi connectivity index (χ1v) is 10.7. The van der Waals surface area contributed by atoms with Crippen molar-refractivity contribution in [2.24, 2.45) is 0 Å². The molecule has 0 amide bonds. The molecule has 0 aromatic heterocycles. The predicted octanol–water partition coefficient (Wildman–Crippen LogP) is 1.59. The second-order valence-electron chi connectivity index (χ2n) is 6.16. The van der Waals surface area contributed by atoms with Crippen LogP contribution in [-0.4, -0.2) is 51.8 Å². The number of hydrogen-bond acceptors (Lipinski definition) is 5. The zero-order valence-corrected chi connectivity index (χ0v) is 15.5. The van der Waals surface area contributed by atoms with Crippen LogP contribution >= 0.6 is 0 Å². The van der Waals surface area contributed by atoms with Crippen molar-refractivity contribution in [3.8, 4) is 5.75 Å². The minimum absolute atomic E-state index is 0.0144. The van der Waals surface area contributed by atoms with Crippen LogP contribution in [0, 0.1) is 6.92 Å². The molecule has 0 N–H and O–H groups in total. The van der Waals surface area contributed by atoms with Gasteiger partial charge in [0.05, 0.1) is 18.6 Å². The molecule has 0 bridgehead atoms. The summed E-state index contributed by atoms with van der Waals surface area (Å²) in [4.78, 5) is 0.0763. The third-order valence-electron chi connectivity index (χ3n) is 4.26. The van der Waals surface area contributed by atoms with Crippen molar-refractivity contribution in [2.75, 3.05) is 25.2 Å². The van der Waals surface area contributed by atoms with Gasteiger partial charge in [0.15, 0.2) is 9.84 Å². The highest BCUT2D eigenvalue weighted by molar-refractivity contribution is 7.92. The molecule has 1 aliphatic rings. The van der Waals surface area contributed by atoms with Gasteiger partial charge in [0, 0.05) is 12.1 Å². The van der Waals surface area contributed by atoms with Crippen molar-refractivity contribution in [3.05, 3.63) is 23.8 Å². The van der Waals surface area contributed by atoms with Crippen LogP contribution in [0.4, 0.5) is 0 Å². The average Bonchev–Trinajstić information content (AvgIpc) is 2.73. The summed E-state index contributed by atoms with van der Waals surface area (Å²) in [5.41, 5.74) is -0.133. The number of methoxy groups -OCH3 is 1. The Kier molecular flexibility index (Phi) is 4.81. The Morgan fingerprint density at radius 2 is 2.00 bits per heavy atom. The fourth-order valence-electron chi connectivity index (χ4n) is 3.14. The van der Waals surface area contributed by atoms with E-state index in [-0.39, 0.29) is 28.7 Å². The second kappa shape index (κ2) is 6.07. The highest BCUT2D eigenvalue weighted by Crippen LogP contribution is 2.36. The van der Waals surface area contributed by atoms with Gasteiger partial charge in [0.2, 0.25) is 10.0 Å². The zero-order chi connectivity index (χ0) is 17.5. The van der Waals surface area contributed by atoms with Gasteiger partial charge in [-0.15, -0.1) is 0 Å². The Bertz CT molecular complexity index is 801. The summed E-state index contributed by atoms with van der Waals surface area (Å²) < 4.78 is 56.5. The smallest absolute Gasteiger partial charge is 0.247 e. The lowest BCUT2D eigenvalue weighted by atomic mass is 10.0. The zero-order valence-electron chi connectivity index (χ0n) is 13.9. The van der Waals surface area contributed by atoms with Crippen molar-refractivity contribution in [1.82, 2.24) is 4.31 Å². The molecular weight excluding hydrogens is 338 g/mol. The lowest BCUT2D eigenvalue weighted by molar-refractivity contribution is 0.242. The third-order valence-corrected chi connectivity index (χ3v) is 8.30. The van der Waals surface area contributed by atoms with Crippen LogP contribution in [0.1, 0.15) is 25.8 Å². The highest BCUT2D eigenvalue weighted by atomic mass is 32.2. The van der Waals surface area contributed by atoms with E-state index < -0.39 is 25.4 Å². The summed E-state index contributed by atoms with van der Waals surface area (Å²) in [5.74, 6) is 0.125. The second-order valence-corrected chi connectivity index (χ2v) is 10.2. The Morgan fingerprint density at radius 3 is 2.48 bits per heavy atom. The quantitative estimate of drug-likeness (QED) is 0.796. The molecule has 2 rings (SSSR count). The third kappa shape index (κ3) is 3.39. The molecular formula is C15H23NO5S2. The van der Waals surface area contributed by atoms with Gasteiger partial charge in [-0.3, -0.25) is 0 Å². The van der Waals surface area contributed by atoms with Crippen molar-refractivity contribution < 1.29 is 21.6 Å². The maximum atomic E-state index is 13.1. The molecule has 1 aromatic carbocycles. The van der Waals surface area contributed by atoms with E-state index in [2.05, 4.69) is 0 Å². The molecule has 130 valence electrons. The molecule has 6 nitrogen and oxygen atoms in total. The summed E-state index contributed by atoms with van der Waals surface area (Å²) in [6.07, 6.45) is 0.302. The van der Waals surface area contributed by atoms with E-state index in [9.17, 15) is 16.8 Å². The van der Waals surface area contributed by atoms with Gasteiger partial charge >= 0.3 is 0 Å². The van der Waals surface area contributed by atoms with Crippen molar-refractivity contribution in [1.29, 1.82) is 0 Å². The van der Waals surface area contributed by atoms with Crippen LogP contribution < -0.4 is 4.74 Å². The van der Waals surface area contributed by atoms with Gasteiger partial charge < -0.3 is 4.74 Å². The van der Waals surface area contributed by atoms with E-state index in [1.807, 2.05) is 0 Å². The number of benzene rings is 1. The first-order valence-electron chi connectivity index (χ1n) is 7.44. The van der Waals surface area contributed by atoms with Gasteiger partial charge in [0.25, 0.3) is 0 Å². The monoisotopic (exact) mass is 361 g/mol. The van der Waals surface area contributed by atoms with Crippen LogP contribution in [0.25, 0.3) is 0 Å². The molecule has 0 radical (unpaired) electrons. The van der Waals surface area contributed by atoms with Gasteiger partial charge in [-0.05, 0) is 38.0 Å². The number of nitrogens with zero attached hydrogens (tertiary/aromatic N) is 1. The molecule has 1 heterocycles. The van der Waals surface area contributed by atoms with Crippen LogP contribution in [0.3, 0.4) is 0 Å². The molecule has 1 atom stereocenters. The SMILES string of the molecule is CCN([C@]1(C)CCS(=O)(=O)C1)S(=O)(=O)c1cc(C)ccc1OC. The number of sulfone groups is 1. The van der Waals surface area contributed by atoms with Crippen LogP contribution in [0.15, 0.2) is 23.1 Å². The topological polar surface area (TPSA) is 80.8 Å². The fourth-order valence-corrected chi connectivity index (χ4v) is 7.41. The molecule has 0 saturated carbocycles. The summed E-state index contributed by atoms with van der Waals surface area (Å²) in [7, 11) is -5.66. The molecule has 1 aliphatic heterocycles. The summed E-state index contributed by atoms with van der Waals surface area (Å²) in [6, 6.07) is 4.95. The van der Waals surface area contributed by atoms with E-state index in [1.54, 1.807) is 39.0 Å². The summed E-state index contributed by atoms with van der Waals surface area (Å²) >= 11 is 0. The minimum Gasteiger partial charge on any atom is -0.495 e. The first-order chi connectivity index (χ1) is 10.6. The number of rotatable bonds is 5. The van der Waals surface area contributed by atoms with Gasteiger partial charge in [-0.25, -0.2) is 16.8 Å². The number of aryl methyl sites for hydroxylation is 1. The van der Waals surface area contributed by atoms with E-state index in [0.717, 1.165) is 5.56 Å². The molecule has 1 fully saturated rings. The Labute approximate surface area is 138 Å². The van der Waals surface area contributed by atoms with Crippen molar-refractivity contribution >= 4 is 19.9 Å². The van der Waals surface area contributed by atoms with Crippen LogP contribution in [-0.2, 0) is 19.9 Å². The summed E-state index contributed by atoms with van der Waals surface area (Å²) in [5, 5.41) is 0. The van der Waals surface area contributed by atoms with E-state index >= 15 is 0 Å². The highest BCUT2D eigenvalue weighted by Gasteiger charge is 2.47. The van der Waals surface area contributed by atoms with E-state index in [0.29, 0.717) is 6.42 Å². The van der Waals surface area contributed by atoms with Gasteiger partial charge in [-0.2, -0.15) is 4.31 Å². The molecule has 1 saturated heterocycles. The number of ether oxygens (including phenoxy) is 1. The average molecular weight is 361 g/mol. The van der Waals surface area contributed by atoms with Crippen molar-refractivity contribution in [2.45, 2.75) is 37.6 Å². The van der Waals surface area contributed by atoms with Gasteiger partial charge in [0.1, 0.15) is 10.6 Å². The van der Waals surface area contributed by atoms with Gasteiger partial charge in [-0.1, -0.05) is 13.0 Å². The maximum Gasteiger partial charge on any atom is 0.247 e. The maximum absolute atomic E-state index is 13.1. The van der Waals surface area contributed by atoms with Crippen molar-refractivity contribution in [3.63, 3.8) is 0 Å². The molecule has 1 aromatic rings. The summed E-state index contributed by atoms with van der Waals surface area (Å²) in [6.45, 7) is 5.42.